The van der Waals surface area contributed by atoms with Gasteiger partial charge in [0.15, 0.2) is 0 Å². The summed E-state index contributed by atoms with van der Waals surface area (Å²) in [7, 11) is -0.690. The van der Waals surface area contributed by atoms with Gasteiger partial charge in [-0.1, -0.05) is 12.1 Å². The fraction of sp³-hybridized carbons (Fsp3) is 0.308. The van der Waals surface area contributed by atoms with Gasteiger partial charge >= 0.3 is 0 Å². The van der Waals surface area contributed by atoms with Crippen LogP contribution in [0.5, 0.6) is 0 Å². The van der Waals surface area contributed by atoms with Gasteiger partial charge in [-0.15, -0.1) is 0 Å². The summed E-state index contributed by atoms with van der Waals surface area (Å²) >= 11 is 0. The molecule has 0 fully saturated rings. The lowest BCUT2D eigenvalue weighted by atomic mass is 10.1. The molecule has 0 aliphatic rings. The molecule has 2 N–H and O–H groups in total. The van der Waals surface area contributed by atoms with Crippen molar-refractivity contribution in [3.05, 3.63) is 45.7 Å². The minimum absolute atomic E-state index is 0.0420. The van der Waals surface area contributed by atoms with E-state index in [1.165, 1.54) is 14.1 Å². The summed E-state index contributed by atoms with van der Waals surface area (Å²) in [5.74, 6) is 0. The van der Waals surface area contributed by atoms with Crippen molar-refractivity contribution in [1.82, 2.24) is 14.0 Å². The number of aryl methyl sites for hydroxylation is 1. The van der Waals surface area contributed by atoms with E-state index in [1.54, 1.807) is 6.07 Å². The van der Waals surface area contributed by atoms with Crippen molar-refractivity contribution in [2.45, 2.75) is 13.5 Å². The van der Waals surface area contributed by atoms with E-state index < -0.39 is 10.2 Å². The van der Waals surface area contributed by atoms with Crippen LogP contribution in [0.15, 0.2) is 29.1 Å². The summed E-state index contributed by atoms with van der Waals surface area (Å²) in [6.45, 7) is 1.90. The summed E-state index contributed by atoms with van der Waals surface area (Å²) in [5.41, 5.74) is 1.89. The van der Waals surface area contributed by atoms with Crippen LogP contribution < -0.4 is 10.3 Å². The molecule has 20 heavy (non-hydrogen) atoms. The molecule has 0 amide bonds. The highest BCUT2D eigenvalue weighted by Crippen LogP contribution is 2.13. The third-order valence-corrected chi connectivity index (χ3v) is 4.47. The summed E-state index contributed by atoms with van der Waals surface area (Å²) in [6.07, 6.45) is 0. The van der Waals surface area contributed by atoms with E-state index in [0.717, 1.165) is 20.8 Å². The maximum Gasteiger partial charge on any atom is 0.279 e. The van der Waals surface area contributed by atoms with Crippen molar-refractivity contribution in [2.75, 3.05) is 14.1 Å². The Bertz CT molecular complexity index is 794. The van der Waals surface area contributed by atoms with E-state index >= 15 is 0 Å². The van der Waals surface area contributed by atoms with Gasteiger partial charge in [0.05, 0.1) is 0 Å². The van der Waals surface area contributed by atoms with Crippen molar-refractivity contribution < 1.29 is 8.42 Å². The highest BCUT2D eigenvalue weighted by molar-refractivity contribution is 7.87. The first-order valence-corrected chi connectivity index (χ1v) is 7.53. The number of nitrogens with zero attached hydrogens (tertiary/aromatic N) is 1. The van der Waals surface area contributed by atoms with Crippen molar-refractivity contribution in [3.63, 3.8) is 0 Å². The third-order valence-electron chi connectivity index (χ3n) is 3.00. The van der Waals surface area contributed by atoms with Gasteiger partial charge in [0.1, 0.15) is 0 Å². The summed E-state index contributed by atoms with van der Waals surface area (Å²) in [5, 5.41) is 0.870. The zero-order valence-corrected chi connectivity index (χ0v) is 12.4. The Morgan fingerprint density at radius 3 is 2.60 bits per heavy atom. The molecule has 0 bridgehead atoms. The molecule has 0 aliphatic heterocycles. The molecule has 0 saturated heterocycles. The van der Waals surface area contributed by atoms with E-state index in [4.69, 9.17) is 0 Å². The van der Waals surface area contributed by atoms with Crippen LogP contribution in [-0.2, 0) is 16.8 Å². The zero-order valence-electron chi connectivity index (χ0n) is 11.6. The van der Waals surface area contributed by atoms with Gasteiger partial charge in [0, 0.05) is 31.7 Å². The molecule has 0 unspecified atom stereocenters. The van der Waals surface area contributed by atoms with Crippen LogP contribution in [-0.4, -0.2) is 31.8 Å². The Kier molecular flexibility index (Phi) is 3.94. The first-order valence-electron chi connectivity index (χ1n) is 6.09. The Morgan fingerprint density at radius 2 is 1.95 bits per heavy atom. The summed E-state index contributed by atoms with van der Waals surface area (Å²) < 4.78 is 26.7. The smallest absolute Gasteiger partial charge is 0.279 e. The van der Waals surface area contributed by atoms with Crippen molar-refractivity contribution >= 4 is 21.1 Å². The van der Waals surface area contributed by atoms with Gasteiger partial charge in [-0.2, -0.15) is 17.4 Å². The quantitative estimate of drug-likeness (QED) is 0.872. The molecule has 2 rings (SSSR count). The predicted octanol–water partition coefficient (Wildman–Crippen LogP) is 0.733. The Hall–Kier alpha value is -1.70. The van der Waals surface area contributed by atoms with E-state index in [0.29, 0.717) is 5.56 Å². The first-order chi connectivity index (χ1) is 9.29. The zero-order chi connectivity index (χ0) is 14.9. The van der Waals surface area contributed by atoms with Crippen LogP contribution in [0.25, 0.3) is 10.9 Å². The van der Waals surface area contributed by atoms with Gasteiger partial charge in [-0.25, -0.2) is 0 Å². The average Bonchev–Trinajstić information content (AvgIpc) is 2.36. The number of hydrogen-bond acceptors (Lipinski definition) is 3. The van der Waals surface area contributed by atoms with Gasteiger partial charge in [0.25, 0.3) is 15.8 Å². The van der Waals surface area contributed by atoms with E-state index in [-0.39, 0.29) is 12.1 Å². The molecule has 0 atom stereocenters. The highest BCUT2D eigenvalue weighted by atomic mass is 32.2. The number of rotatable bonds is 4. The number of aromatic nitrogens is 1. The third kappa shape index (κ3) is 3.06. The number of fused-ring (bicyclic) bond motifs is 1. The molecule has 1 aromatic carbocycles. The molecule has 1 heterocycles. The van der Waals surface area contributed by atoms with E-state index in [1.807, 2.05) is 25.1 Å². The molecule has 2 aromatic rings. The summed E-state index contributed by atoms with van der Waals surface area (Å²) in [4.78, 5) is 14.7. The van der Waals surface area contributed by atoms with Gasteiger partial charge in [-0.3, -0.25) is 4.79 Å². The Morgan fingerprint density at radius 1 is 1.25 bits per heavy atom. The fourth-order valence-electron chi connectivity index (χ4n) is 1.79. The Labute approximate surface area is 117 Å². The lowest BCUT2D eigenvalue weighted by Gasteiger charge is -2.12. The number of benzene rings is 1. The number of aromatic amines is 1. The second-order valence-electron chi connectivity index (χ2n) is 4.82. The lowest BCUT2D eigenvalue weighted by Crippen LogP contribution is -2.36. The van der Waals surface area contributed by atoms with Crippen LogP contribution in [0.4, 0.5) is 0 Å². The van der Waals surface area contributed by atoms with E-state index in [9.17, 15) is 13.2 Å². The van der Waals surface area contributed by atoms with Crippen LogP contribution in [0, 0.1) is 6.92 Å². The summed E-state index contributed by atoms with van der Waals surface area (Å²) in [6, 6.07) is 7.41. The predicted molar refractivity (Wildman–Crippen MR) is 78.8 cm³/mol. The molecular formula is C13H17N3O3S. The van der Waals surface area contributed by atoms with Crippen LogP contribution >= 0.6 is 0 Å². The molecular weight excluding hydrogens is 278 g/mol. The standard InChI is InChI=1S/C13H17N3O3S/c1-9-4-5-10-7-11(13(17)15-12(10)6-9)8-14-20(18,19)16(2)3/h4-7,14H,8H2,1-3H3,(H,15,17). The molecule has 0 radical (unpaired) electrons. The molecule has 7 heteroatoms. The largest absolute Gasteiger partial charge is 0.322 e. The first kappa shape index (κ1) is 14.7. The maximum atomic E-state index is 11.9. The maximum absolute atomic E-state index is 11.9. The second kappa shape index (κ2) is 5.35. The van der Waals surface area contributed by atoms with Crippen molar-refractivity contribution in [2.24, 2.45) is 0 Å². The highest BCUT2D eigenvalue weighted by Gasteiger charge is 2.13. The normalized spacial score (nSPS) is 12.2. The van der Waals surface area contributed by atoms with Gasteiger partial charge in [0.2, 0.25) is 0 Å². The lowest BCUT2D eigenvalue weighted by molar-refractivity contribution is 0.505. The van der Waals surface area contributed by atoms with Crippen LogP contribution in [0.1, 0.15) is 11.1 Å². The molecule has 0 saturated carbocycles. The SMILES string of the molecule is Cc1ccc2cc(CNS(=O)(=O)N(C)C)c(=O)[nH]c2c1. The van der Waals surface area contributed by atoms with Crippen LogP contribution in [0.3, 0.4) is 0 Å². The van der Waals surface area contributed by atoms with Crippen molar-refractivity contribution in [1.29, 1.82) is 0 Å². The molecule has 6 nitrogen and oxygen atoms in total. The monoisotopic (exact) mass is 295 g/mol. The van der Waals surface area contributed by atoms with Gasteiger partial charge in [-0.05, 0) is 30.0 Å². The minimum atomic E-state index is -3.54. The topological polar surface area (TPSA) is 82.3 Å². The fourth-order valence-corrected chi connectivity index (χ4v) is 2.39. The molecule has 108 valence electrons. The number of pyridine rings is 1. The number of nitrogens with one attached hydrogen (secondary N) is 2. The van der Waals surface area contributed by atoms with Crippen LogP contribution in [0.2, 0.25) is 0 Å². The number of H-pyrrole nitrogens is 1. The minimum Gasteiger partial charge on any atom is -0.322 e. The van der Waals surface area contributed by atoms with E-state index in [2.05, 4.69) is 9.71 Å². The second-order valence-corrected chi connectivity index (χ2v) is 6.79. The Balaban J connectivity index is 2.34. The molecule has 0 aliphatic carbocycles. The van der Waals surface area contributed by atoms with Gasteiger partial charge < -0.3 is 4.98 Å². The number of hydrogen-bond donors (Lipinski definition) is 2. The molecule has 0 spiro atoms. The average molecular weight is 295 g/mol. The molecule has 1 aromatic heterocycles. The van der Waals surface area contributed by atoms with Crippen molar-refractivity contribution in [3.8, 4) is 0 Å².